The number of ketones is 1. The second-order valence-electron chi connectivity index (χ2n) is 3.50. The summed E-state index contributed by atoms with van der Waals surface area (Å²) in [5.74, 6) is 1.55. The van der Waals surface area contributed by atoms with Crippen LogP contribution in [0.2, 0.25) is 0 Å². The molecule has 0 bridgehead atoms. The minimum absolute atomic E-state index is 0.182. The molecule has 16 heavy (non-hydrogen) atoms. The lowest BCUT2D eigenvalue weighted by molar-refractivity contribution is -0.116. The minimum atomic E-state index is 0.182. The standard InChI is InChI=1S/C12H15BrO3/c1-8(14)4-5-9-6-11(15-2)12(16-3)7-10(9)13/h6-7H,4-5H2,1-3H3. The summed E-state index contributed by atoms with van der Waals surface area (Å²) in [5, 5.41) is 0. The van der Waals surface area contributed by atoms with Crippen LogP contribution < -0.4 is 9.47 Å². The Kier molecular flexibility index (Phi) is 4.80. The molecule has 0 N–H and O–H groups in total. The first-order chi connectivity index (χ1) is 7.58. The first-order valence-corrected chi connectivity index (χ1v) is 5.77. The summed E-state index contributed by atoms with van der Waals surface area (Å²) in [7, 11) is 3.19. The molecule has 1 aromatic carbocycles. The molecule has 0 heterocycles. The summed E-state index contributed by atoms with van der Waals surface area (Å²) in [6, 6.07) is 3.75. The molecular formula is C12H15BrO3. The van der Waals surface area contributed by atoms with Crippen LogP contribution in [-0.4, -0.2) is 20.0 Å². The molecule has 0 spiro atoms. The SMILES string of the molecule is COc1cc(Br)c(CCC(C)=O)cc1OC. The Morgan fingerprint density at radius 3 is 2.31 bits per heavy atom. The van der Waals surface area contributed by atoms with Crippen LogP contribution in [-0.2, 0) is 11.2 Å². The summed E-state index contributed by atoms with van der Waals surface area (Å²) in [6.07, 6.45) is 1.24. The number of ether oxygens (including phenoxy) is 2. The summed E-state index contributed by atoms with van der Waals surface area (Å²) < 4.78 is 11.3. The number of methoxy groups -OCH3 is 2. The van der Waals surface area contributed by atoms with Crippen LogP contribution in [0.5, 0.6) is 11.5 Å². The highest BCUT2D eigenvalue weighted by Gasteiger charge is 2.09. The molecule has 1 rings (SSSR count). The molecule has 0 atom stereocenters. The van der Waals surface area contributed by atoms with Gasteiger partial charge < -0.3 is 14.3 Å². The number of rotatable bonds is 5. The average molecular weight is 287 g/mol. The van der Waals surface area contributed by atoms with Crippen molar-refractivity contribution in [1.29, 1.82) is 0 Å². The third-order valence-corrected chi connectivity index (χ3v) is 3.04. The number of carbonyl (C=O) groups is 1. The summed E-state index contributed by atoms with van der Waals surface area (Å²) in [5.41, 5.74) is 1.05. The smallest absolute Gasteiger partial charge is 0.161 e. The summed E-state index contributed by atoms with van der Waals surface area (Å²) in [4.78, 5) is 10.9. The minimum Gasteiger partial charge on any atom is -0.493 e. The van der Waals surface area contributed by atoms with Crippen LogP contribution in [0.3, 0.4) is 0 Å². The predicted octanol–water partition coefficient (Wildman–Crippen LogP) is 2.99. The van der Waals surface area contributed by atoms with Gasteiger partial charge in [-0.15, -0.1) is 0 Å². The van der Waals surface area contributed by atoms with E-state index in [9.17, 15) is 4.79 Å². The molecule has 4 heteroatoms. The fourth-order valence-electron chi connectivity index (χ4n) is 1.40. The number of Topliss-reactive ketones (excluding diaryl/α,β-unsaturated/α-hetero) is 1. The van der Waals surface area contributed by atoms with Gasteiger partial charge in [0, 0.05) is 10.9 Å². The normalized spacial score (nSPS) is 10.0. The van der Waals surface area contributed by atoms with Crippen molar-refractivity contribution in [3.05, 3.63) is 22.2 Å². The fourth-order valence-corrected chi connectivity index (χ4v) is 1.92. The fraction of sp³-hybridized carbons (Fsp3) is 0.417. The number of carbonyl (C=O) groups excluding carboxylic acids is 1. The monoisotopic (exact) mass is 286 g/mol. The number of halogens is 1. The molecule has 0 fully saturated rings. The third kappa shape index (κ3) is 3.23. The van der Waals surface area contributed by atoms with Gasteiger partial charge in [-0.05, 0) is 31.0 Å². The van der Waals surface area contributed by atoms with Crippen molar-refractivity contribution < 1.29 is 14.3 Å². The van der Waals surface area contributed by atoms with Crippen molar-refractivity contribution in [1.82, 2.24) is 0 Å². The van der Waals surface area contributed by atoms with E-state index in [1.54, 1.807) is 21.1 Å². The molecule has 0 aromatic heterocycles. The summed E-state index contributed by atoms with van der Waals surface area (Å²) in [6.45, 7) is 1.59. The van der Waals surface area contributed by atoms with E-state index < -0.39 is 0 Å². The van der Waals surface area contributed by atoms with Gasteiger partial charge in [-0.3, -0.25) is 0 Å². The molecule has 0 radical (unpaired) electrons. The molecule has 0 saturated heterocycles. The van der Waals surface area contributed by atoms with Crippen molar-refractivity contribution in [2.75, 3.05) is 14.2 Å². The van der Waals surface area contributed by atoms with E-state index in [-0.39, 0.29) is 5.78 Å². The van der Waals surface area contributed by atoms with Crippen molar-refractivity contribution in [3.8, 4) is 11.5 Å². The lowest BCUT2D eigenvalue weighted by atomic mass is 10.1. The molecule has 0 aliphatic rings. The summed E-state index contributed by atoms with van der Waals surface area (Å²) >= 11 is 3.45. The van der Waals surface area contributed by atoms with Gasteiger partial charge in [-0.2, -0.15) is 0 Å². The molecule has 0 aliphatic heterocycles. The lowest BCUT2D eigenvalue weighted by Crippen LogP contribution is -1.97. The maximum absolute atomic E-state index is 10.9. The predicted molar refractivity (Wildman–Crippen MR) is 66.2 cm³/mol. The van der Waals surface area contributed by atoms with Crippen LogP contribution in [0.4, 0.5) is 0 Å². The molecule has 0 aliphatic carbocycles. The Hall–Kier alpha value is -1.03. The molecule has 0 amide bonds. The maximum Gasteiger partial charge on any atom is 0.161 e. The van der Waals surface area contributed by atoms with E-state index in [1.807, 2.05) is 12.1 Å². The van der Waals surface area contributed by atoms with Gasteiger partial charge in [0.25, 0.3) is 0 Å². The van der Waals surface area contributed by atoms with Gasteiger partial charge in [0.15, 0.2) is 11.5 Å². The van der Waals surface area contributed by atoms with E-state index in [0.717, 1.165) is 10.0 Å². The first kappa shape index (κ1) is 13.0. The van der Waals surface area contributed by atoms with E-state index in [4.69, 9.17) is 9.47 Å². The zero-order valence-electron chi connectivity index (χ0n) is 9.67. The van der Waals surface area contributed by atoms with Gasteiger partial charge in [-0.25, -0.2) is 0 Å². The van der Waals surface area contributed by atoms with Gasteiger partial charge in [0.1, 0.15) is 5.78 Å². The first-order valence-electron chi connectivity index (χ1n) is 4.98. The maximum atomic E-state index is 10.9. The third-order valence-electron chi connectivity index (χ3n) is 2.30. The Balaban J connectivity index is 2.96. The highest BCUT2D eigenvalue weighted by molar-refractivity contribution is 9.10. The second-order valence-corrected chi connectivity index (χ2v) is 4.35. The number of hydrogen-bond acceptors (Lipinski definition) is 3. The lowest BCUT2D eigenvalue weighted by Gasteiger charge is -2.11. The highest BCUT2D eigenvalue weighted by atomic mass is 79.9. The van der Waals surface area contributed by atoms with E-state index in [1.165, 1.54) is 0 Å². The van der Waals surface area contributed by atoms with Gasteiger partial charge in [0.05, 0.1) is 14.2 Å². The molecule has 3 nitrogen and oxygen atoms in total. The van der Waals surface area contributed by atoms with Crippen LogP contribution in [0.25, 0.3) is 0 Å². The average Bonchev–Trinajstić information content (AvgIpc) is 2.26. The van der Waals surface area contributed by atoms with E-state index >= 15 is 0 Å². The van der Waals surface area contributed by atoms with Crippen LogP contribution >= 0.6 is 15.9 Å². The topological polar surface area (TPSA) is 35.5 Å². The van der Waals surface area contributed by atoms with Crippen molar-refractivity contribution in [3.63, 3.8) is 0 Å². The Morgan fingerprint density at radius 1 is 1.25 bits per heavy atom. The van der Waals surface area contributed by atoms with Crippen molar-refractivity contribution >= 4 is 21.7 Å². The highest BCUT2D eigenvalue weighted by Crippen LogP contribution is 2.33. The molecule has 88 valence electrons. The number of hydrogen-bond donors (Lipinski definition) is 0. The Morgan fingerprint density at radius 2 is 1.81 bits per heavy atom. The van der Waals surface area contributed by atoms with Gasteiger partial charge in [-0.1, -0.05) is 15.9 Å². The zero-order valence-corrected chi connectivity index (χ0v) is 11.3. The Bertz CT molecular complexity index is 388. The number of benzene rings is 1. The van der Waals surface area contributed by atoms with E-state index in [0.29, 0.717) is 24.3 Å². The van der Waals surface area contributed by atoms with Crippen LogP contribution in [0.15, 0.2) is 16.6 Å². The van der Waals surface area contributed by atoms with Crippen molar-refractivity contribution in [2.45, 2.75) is 19.8 Å². The second kappa shape index (κ2) is 5.89. The Labute approximate surface area is 104 Å². The van der Waals surface area contributed by atoms with Crippen molar-refractivity contribution in [2.24, 2.45) is 0 Å². The van der Waals surface area contributed by atoms with Gasteiger partial charge in [0.2, 0.25) is 0 Å². The zero-order chi connectivity index (χ0) is 12.1. The number of aryl methyl sites for hydroxylation is 1. The van der Waals surface area contributed by atoms with Crippen LogP contribution in [0.1, 0.15) is 18.9 Å². The molecular weight excluding hydrogens is 272 g/mol. The quantitative estimate of drug-likeness (QED) is 0.835. The van der Waals surface area contributed by atoms with Crippen LogP contribution in [0, 0.1) is 0 Å². The molecule has 1 aromatic rings. The largest absolute Gasteiger partial charge is 0.493 e. The van der Waals surface area contributed by atoms with Gasteiger partial charge >= 0.3 is 0 Å². The molecule has 0 saturated carbocycles. The van der Waals surface area contributed by atoms with E-state index in [2.05, 4.69) is 15.9 Å². The molecule has 0 unspecified atom stereocenters.